The van der Waals surface area contributed by atoms with Crippen LogP contribution in [0.4, 0.5) is 0 Å². The molecule has 47 heavy (non-hydrogen) atoms. The summed E-state index contributed by atoms with van der Waals surface area (Å²) in [6.45, 7) is -2.13. The number of hydrogen-bond donors (Lipinski definition) is 0. The number of rotatable bonds is 18. The van der Waals surface area contributed by atoms with Gasteiger partial charge >= 0.3 is 258 Å². The number of unbranched alkanes of at least 4 members (excludes halogenated alkanes) is 9. The average Bonchev–Trinajstić information content (AvgIpc) is 3.13. The van der Waals surface area contributed by atoms with Crippen LogP contribution < -0.4 is 21.2 Å². The summed E-state index contributed by atoms with van der Waals surface area (Å²) in [4.78, 5) is 0.253. The zero-order valence-corrected chi connectivity index (χ0v) is 29.4. The van der Waals surface area contributed by atoms with Gasteiger partial charge in [-0.1, -0.05) is 26.2 Å². The van der Waals surface area contributed by atoms with Gasteiger partial charge in [0.15, 0.2) is 0 Å². The first-order chi connectivity index (χ1) is 23.0. The molecular formula is C42H49O3PS. The molecule has 0 spiro atoms. The third-order valence-corrected chi connectivity index (χ3v) is 17.3. The predicted molar refractivity (Wildman–Crippen MR) is 201 cm³/mol. The molecule has 0 atom stereocenters. The Labute approximate surface area is 283 Å². The monoisotopic (exact) mass is 664 g/mol. The Kier molecular flexibility index (Phi) is 12.2. The van der Waals surface area contributed by atoms with E-state index in [0.717, 1.165) is 39.6 Å². The predicted octanol–water partition coefficient (Wildman–Crippen LogP) is 9.63. The molecule has 0 aliphatic carbocycles. The first kappa shape index (κ1) is 34.8. The van der Waals surface area contributed by atoms with Crippen LogP contribution in [0, 0.1) is 0 Å². The maximum absolute atomic E-state index is 15.1. The summed E-state index contributed by atoms with van der Waals surface area (Å²) in [5, 5.41) is 3.33. The average molecular weight is 665 g/mol. The van der Waals surface area contributed by atoms with Crippen LogP contribution in [0.3, 0.4) is 0 Å². The minimum atomic E-state index is -4.39. The van der Waals surface area contributed by atoms with Gasteiger partial charge in [-0.2, -0.15) is 0 Å². The van der Waals surface area contributed by atoms with Crippen molar-refractivity contribution in [2.24, 2.45) is 0 Å². The Balaban J connectivity index is 1.57. The fraction of sp³-hybridized carbons (Fsp3) is 0.286. The molecule has 0 radical (unpaired) electrons. The summed E-state index contributed by atoms with van der Waals surface area (Å²) in [5.74, 6) is 0. The Morgan fingerprint density at radius 1 is 0.447 bits per heavy atom. The summed E-state index contributed by atoms with van der Waals surface area (Å²) >= 11 is 0. The van der Waals surface area contributed by atoms with Crippen molar-refractivity contribution in [1.82, 2.24) is 0 Å². The van der Waals surface area contributed by atoms with Crippen LogP contribution in [0.15, 0.2) is 150 Å². The molecule has 0 aromatic heterocycles. The zero-order valence-electron chi connectivity index (χ0n) is 27.7. The van der Waals surface area contributed by atoms with Crippen molar-refractivity contribution in [3.05, 3.63) is 151 Å². The SMILES string of the molecule is CCCCCCCCCCCCc1ccccc1S(=O)(=O)OP(c1ccccc1)(c1ccccc1)(c1ccccc1)c1ccccc1. The van der Waals surface area contributed by atoms with E-state index in [1.807, 2.05) is 140 Å². The van der Waals surface area contributed by atoms with Gasteiger partial charge in [0.05, 0.1) is 0 Å². The van der Waals surface area contributed by atoms with Crippen molar-refractivity contribution in [2.45, 2.75) is 82.4 Å². The van der Waals surface area contributed by atoms with Gasteiger partial charge in [-0.25, -0.2) is 0 Å². The van der Waals surface area contributed by atoms with E-state index in [1.165, 1.54) is 51.4 Å². The Bertz CT molecular complexity index is 1590. The van der Waals surface area contributed by atoms with E-state index in [1.54, 1.807) is 6.07 Å². The second-order valence-electron chi connectivity index (χ2n) is 12.4. The molecule has 0 aliphatic rings. The second-order valence-corrected chi connectivity index (χ2v) is 18.5. The van der Waals surface area contributed by atoms with Gasteiger partial charge in [0.1, 0.15) is 0 Å². The molecule has 5 aromatic rings. The molecule has 3 nitrogen and oxygen atoms in total. The van der Waals surface area contributed by atoms with E-state index in [-0.39, 0.29) is 4.90 Å². The van der Waals surface area contributed by atoms with Crippen LogP contribution >= 0.6 is 6.83 Å². The Hall–Kier alpha value is -3.56. The molecule has 5 aromatic carbocycles. The molecule has 0 heterocycles. The molecule has 0 aliphatic heterocycles. The standard InChI is InChI=1S/C42H49O3PS/c1-2-3-4-5-6-7-8-9-10-15-26-37-27-24-25-36-42(37)47(43,44)45-46(38-28-16-11-17-29-38,39-30-18-12-19-31-39,40-32-20-13-21-33-40)41-34-22-14-23-35-41/h11-14,16-25,27-36H,2-10,15,26H2,1H3. The summed E-state index contributed by atoms with van der Waals surface area (Å²) in [6, 6.07) is 47.3. The first-order valence-corrected chi connectivity index (χ1v) is 20.9. The van der Waals surface area contributed by atoms with Gasteiger partial charge in [0.25, 0.3) is 0 Å². The molecule has 0 saturated heterocycles. The summed E-state index contributed by atoms with van der Waals surface area (Å²) < 4.78 is 37.3. The first-order valence-electron chi connectivity index (χ1n) is 17.3. The number of hydrogen-bond acceptors (Lipinski definition) is 3. The van der Waals surface area contributed by atoms with Crippen molar-refractivity contribution in [2.75, 3.05) is 0 Å². The molecule has 0 saturated carbocycles. The molecule has 0 unspecified atom stereocenters. The fourth-order valence-electron chi connectivity index (χ4n) is 6.91. The zero-order chi connectivity index (χ0) is 32.9. The number of aryl methyl sites for hydroxylation is 1. The molecular weight excluding hydrogens is 616 g/mol. The third kappa shape index (κ3) is 7.46. The van der Waals surface area contributed by atoms with E-state index < -0.39 is 16.9 Å². The molecule has 5 rings (SSSR count). The molecule has 0 fully saturated rings. The van der Waals surface area contributed by atoms with Crippen molar-refractivity contribution in [1.29, 1.82) is 0 Å². The fourth-order valence-corrected chi connectivity index (χ4v) is 15.7. The van der Waals surface area contributed by atoms with Gasteiger partial charge in [0, 0.05) is 0 Å². The molecule has 5 heteroatoms. The van der Waals surface area contributed by atoms with Crippen molar-refractivity contribution < 1.29 is 12.4 Å². The minimum absolute atomic E-state index is 0.253. The van der Waals surface area contributed by atoms with Crippen molar-refractivity contribution >= 4 is 38.2 Å². The van der Waals surface area contributed by atoms with Crippen molar-refractivity contribution in [3.63, 3.8) is 0 Å². The van der Waals surface area contributed by atoms with Crippen LogP contribution in [-0.2, 0) is 20.5 Å². The molecule has 0 amide bonds. The normalized spacial score (nSPS) is 12.7. The Morgan fingerprint density at radius 3 is 1.19 bits per heavy atom. The number of benzene rings is 5. The van der Waals surface area contributed by atoms with Crippen LogP contribution in [0.25, 0.3) is 0 Å². The van der Waals surface area contributed by atoms with Crippen LogP contribution in [0.5, 0.6) is 0 Å². The van der Waals surface area contributed by atoms with Crippen LogP contribution in [-0.4, -0.2) is 8.42 Å². The van der Waals surface area contributed by atoms with E-state index in [9.17, 15) is 0 Å². The molecule has 0 N–H and O–H groups in total. The van der Waals surface area contributed by atoms with E-state index in [0.29, 0.717) is 6.42 Å². The summed E-state index contributed by atoms with van der Waals surface area (Å²) in [6.07, 6.45) is 13.0. The van der Waals surface area contributed by atoms with Crippen molar-refractivity contribution in [3.8, 4) is 0 Å². The quantitative estimate of drug-likeness (QED) is 0.0692. The topological polar surface area (TPSA) is 43.4 Å². The van der Waals surface area contributed by atoms with Gasteiger partial charge in [0.2, 0.25) is 0 Å². The van der Waals surface area contributed by atoms with Crippen LogP contribution in [0.1, 0.15) is 76.7 Å². The second kappa shape index (κ2) is 16.5. The van der Waals surface area contributed by atoms with E-state index in [4.69, 9.17) is 3.97 Å². The van der Waals surface area contributed by atoms with Gasteiger partial charge in [-0.05, 0) is 0 Å². The van der Waals surface area contributed by atoms with E-state index in [2.05, 4.69) is 6.92 Å². The van der Waals surface area contributed by atoms with Gasteiger partial charge < -0.3 is 0 Å². The Morgan fingerprint density at radius 2 is 0.787 bits per heavy atom. The van der Waals surface area contributed by atoms with E-state index >= 15 is 8.42 Å². The summed E-state index contributed by atoms with van der Waals surface area (Å²) in [5.41, 5.74) is 0.811. The van der Waals surface area contributed by atoms with Gasteiger partial charge in [-0.3, -0.25) is 0 Å². The third-order valence-electron chi connectivity index (χ3n) is 9.28. The summed E-state index contributed by atoms with van der Waals surface area (Å²) in [7, 11) is -4.30. The van der Waals surface area contributed by atoms with Gasteiger partial charge in [-0.15, -0.1) is 0 Å². The maximum atomic E-state index is 15.1. The molecule has 0 bridgehead atoms. The molecule has 246 valence electrons. The van der Waals surface area contributed by atoms with Crippen LogP contribution in [0.2, 0.25) is 0 Å².